The van der Waals surface area contributed by atoms with Crippen molar-refractivity contribution in [2.24, 2.45) is 0 Å². The van der Waals surface area contributed by atoms with Gasteiger partial charge >= 0.3 is 0 Å². The Labute approximate surface area is 145 Å². The summed E-state index contributed by atoms with van der Waals surface area (Å²) < 4.78 is 17.3. The van der Waals surface area contributed by atoms with Crippen molar-refractivity contribution in [2.45, 2.75) is 32.6 Å². The molecule has 0 N–H and O–H groups in total. The number of ketones is 2. The van der Waals surface area contributed by atoms with Crippen molar-refractivity contribution in [3.8, 4) is 5.75 Å². The summed E-state index contributed by atoms with van der Waals surface area (Å²) in [4.78, 5) is 23.7. The minimum Gasteiger partial charge on any atom is -0.484 e. The van der Waals surface area contributed by atoms with Crippen molar-refractivity contribution in [1.82, 2.24) is 0 Å². The highest BCUT2D eigenvalue weighted by molar-refractivity contribution is 6.45. The molecule has 0 radical (unpaired) electrons. The molecule has 0 fully saturated rings. The van der Waals surface area contributed by atoms with Crippen LogP contribution in [0.4, 0.5) is 4.39 Å². The molecule has 0 aliphatic heterocycles. The van der Waals surface area contributed by atoms with Crippen LogP contribution in [0.3, 0.4) is 0 Å². The summed E-state index contributed by atoms with van der Waals surface area (Å²) in [6, 6.07) is 3.00. The molecule has 0 heterocycles. The van der Waals surface area contributed by atoms with Crippen LogP contribution in [0.5, 0.6) is 5.75 Å². The minimum atomic E-state index is -0.436. The fraction of sp³-hybridized carbons (Fsp3) is 0.412. The zero-order chi connectivity index (χ0) is 17.4. The lowest BCUT2D eigenvalue weighted by Crippen LogP contribution is -2.11. The van der Waals surface area contributed by atoms with Crippen molar-refractivity contribution in [2.75, 3.05) is 13.3 Å². The Morgan fingerprint density at radius 1 is 1.22 bits per heavy atom. The number of benzene rings is 1. The summed E-state index contributed by atoms with van der Waals surface area (Å²) in [7, 11) is 0. The van der Waals surface area contributed by atoms with Crippen LogP contribution in [0.2, 0.25) is 10.0 Å². The van der Waals surface area contributed by atoms with Crippen LogP contribution in [0.25, 0.3) is 0 Å². The second kappa shape index (κ2) is 9.68. The number of rotatable bonds is 10. The third-order valence-corrected chi connectivity index (χ3v) is 4.13. The van der Waals surface area contributed by atoms with E-state index in [1.54, 1.807) is 0 Å². The molecule has 1 aromatic rings. The summed E-state index contributed by atoms with van der Waals surface area (Å²) in [5.74, 6) is -0.187. The van der Waals surface area contributed by atoms with Crippen molar-refractivity contribution < 1.29 is 18.7 Å². The number of halogens is 3. The molecule has 0 aromatic heterocycles. The zero-order valence-corrected chi connectivity index (χ0v) is 14.5. The molecule has 0 atom stereocenters. The molecule has 3 nitrogen and oxygen atoms in total. The van der Waals surface area contributed by atoms with E-state index in [-0.39, 0.29) is 46.0 Å². The SMILES string of the molecule is C=C(CC)C(=O)c1ccc(OCC(=O)CCCC[18F])c(Cl)c1Cl. The van der Waals surface area contributed by atoms with Gasteiger partial charge in [-0.15, -0.1) is 0 Å². The summed E-state index contributed by atoms with van der Waals surface area (Å²) in [5.41, 5.74) is 0.685. The summed E-state index contributed by atoms with van der Waals surface area (Å²) >= 11 is 12.2. The molecule has 126 valence electrons. The number of alkyl halides is 1. The van der Waals surface area contributed by atoms with E-state index < -0.39 is 6.67 Å². The molecule has 0 aliphatic carbocycles. The van der Waals surface area contributed by atoms with Crippen molar-refractivity contribution in [3.63, 3.8) is 0 Å². The standard InChI is InChI=1S/C17H19Cl2FO3/c1-3-11(2)17(22)13-7-8-14(16(19)15(13)18)23-10-12(21)6-4-5-9-20/h7-8H,2-6,9-10H2,1H3/i20-1. The number of hydrogen-bond acceptors (Lipinski definition) is 3. The van der Waals surface area contributed by atoms with Gasteiger partial charge in [0.2, 0.25) is 0 Å². The Kier molecular flexibility index (Phi) is 8.28. The first-order valence-electron chi connectivity index (χ1n) is 7.33. The molecule has 0 amide bonds. The molecule has 0 aliphatic rings. The summed E-state index contributed by atoms with van der Waals surface area (Å²) in [5, 5.41) is 0.159. The van der Waals surface area contributed by atoms with Crippen LogP contribution in [-0.4, -0.2) is 24.8 Å². The average molecular weight is 360 g/mol. The normalized spacial score (nSPS) is 10.4. The van der Waals surface area contributed by atoms with Crippen LogP contribution in [0.15, 0.2) is 24.3 Å². The highest BCUT2D eigenvalue weighted by Gasteiger charge is 2.18. The Hall–Kier alpha value is -1.39. The Morgan fingerprint density at radius 3 is 2.52 bits per heavy atom. The average Bonchev–Trinajstić information content (AvgIpc) is 2.55. The monoisotopic (exact) mass is 359 g/mol. The van der Waals surface area contributed by atoms with E-state index in [0.29, 0.717) is 24.8 Å². The molecule has 6 heteroatoms. The van der Waals surface area contributed by atoms with Gasteiger partial charge in [0.05, 0.1) is 11.7 Å². The summed E-state index contributed by atoms with van der Waals surface area (Å²) in [6.07, 6.45) is 1.61. The van der Waals surface area contributed by atoms with Gasteiger partial charge in [0.1, 0.15) is 17.4 Å². The first-order chi connectivity index (χ1) is 10.9. The molecule has 0 spiro atoms. The summed E-state index contributed by atoms with van der Waals surface area (Å²) in [6.45, 7) is 4.90. The van der Waals surface area contributed by atoms with Crippen molar-refractivity contribution >= 4 is 34.8 Å². The fourth-order valence-electron chi connectivity index (χ4n) is 1.82. The molecule has 0 saturated heterocycles. The van der Waals surface area contributed by atoms with Crippen LogP contribution in [0.1, 0.15) is 43.0 Å². The Balaban J connectivity index is 2.76. The third-order valence-electron chi connectivity index (χ3n) is 3.27. The van der Waals surface area contributed by atoms with E-state index in [1.807, 2.05) is 6.92 Å². The second-order valence-corrected chi connectivity index (χ2v) is 5.75. The van der Waals surface area contributed by atoms with E-state index >= 15 is 0 Å². The second-order valence-electron chi connectivity index (χ2n) is 5.00. The molecule has 0 bridgehead atoms. The van der Waals surface area contributed by atoms with Gasteiger partial charge in [-0.1, -0.05) is 36.7 Å². The predicted octanol–water partition coefficient (Wildman–Crippen LogP) is 5.23. The van der Waals surface area contributed by atoms with E-state index in [1.165, 1.54) is 12.1 Å². The largest absolute Gasteiger partial charge is 0.484 e. The van der Waals surface area contributed by atoms with Gasteiger partial charge in [-0.3, -0.25) is 14.0 Å². The van der Waals surface area contributed by atoms with Crippen LogP contribution in [-0.2, 0) is 4.79 Å². The lowest BCUT2D eigenvalue weighted by atomic mass is 10.0. The third kappa shape index (κ3) is 5.63. The first-order valence-corrected chi connectivity index (χ1v) is 8.08. The number of hydrogen-bond donors (Lipinski definition) is 0. The van der Waals surface area contributed by atoms with Gasteiger partial charge in [0.15, 0.2) is 11.6 Å². The molecule has 0 saturated carbocycles. The Morgan fingerprint density at radius 2 is 1.91 bits per heavy atom. The van der Waals surface area contributed by atoms with E-state index in [4.69, 9.17) is 27.9 Å². The predicted molar refractivity (Wildman–Crippen MR) is 90.6 cm³/mol. The molecule has 1 aromatic carbocycles. The lowest BCUT2D eigenvalue weighted by molar-refractivity contribution is -0.121. The van der Waals surface area contributed by atoms with Crippen molar-refractivity contribution in [1.29, 1.82) is 0 Å². The zero-order valence-electron chi connectivity index (χ0n) is 13.0. The molecule has 0 unspecified atom stereocenters. The number of ether oxygens (including phenoxy) is 1. The number of unbranched alkanes of at least 4 members (excludes halogenated alkanes) is 1. The first kappa shape index (κ1) is 19.7. The van der Waals surface area contributed by atoms with Gasteiger partial charge < -0.3 is 4.74 Å². The molecule has 23 heavy (non-hydrogen) atoms. The van der Waals surface area contributed by atoms with Crippen LogP contribution >= 0.6 is 23.2 Å². The van der Waals surface area contributed by atoms with E-state index in [0.717, 1.165) is 0 Å². The lowest BCUT2D eigenvalue weighted by Gasteiger charge is -2.11. The minimum absolute atomic E-state index is 0.0774. The highest BCUT2D eigenvalue weighted by Crippen LogP contribution is 2.35. The number of allylic oxidation sites excluding steroid dienone is 1. The van der Waals surface area contributed by atoms with Crippen LogP contribution in [0, 0.1) is 0 Å². The maximum atomic E-state index is 12.1. The molecular weight excluding hydrogens is 341 g/mol. The maximum absolute atomic E-state index is 12.1. The number of carbonyl (C=O) groups is 2. The van der Waals surface area contributed by atoms with Gasteiger partial charge in [0, 0.05) is 12.0 Å². The van der Waals surface area contributed by atoms with E-state index in [9.17, 15) is 14.0 Å². The number of carbonyl (C=O) groups excluding carboxylic acids is 2. The van der Waals surface area contributed by atoms with Gasteiger partial charge in [-0.25, -0.2) is 0 Å². The van der Waals surface area contributed by atoms with Crippen LogP contribution < -0.4 is 4.74 Å². The fourth-order valence-corrected chi connectivity index (χ4v) is 2.28. The van der Waals surface area contributed by atoms with Gasteiger partial charge in [-0.05, 0) is 37.0 Å². The van der Waals surface area contributed by atoms with Crippen molar-refractivity contribution in [3.05, 3.63) is 39.9 Å². The van der Waals surface area contributed by atoms with Gasteiger partial charge in [-0.2, -0.15) is 0 Å². The Bertz CT molecular complexity index is 600. The molecule has 1 rings (SSSR count). The topological polar surface area (TPSA) is 43.4 Å². The van der Waals surface area contributed by atoms with E-state index in [2.05, 4.69) is 6.58 Å². The smallest absolute Gasteiger partial charge is 0.189 e. The van der Waals surface area contributed by atoms with Gasteiger partial charge in [0.25, 0.3) is 0 Å². The maximum Gasteiger partial charge on any atom is 0.189 e. The number of Topliss-reactive ketones (excluding diaryl/α,β-unsaturated/α-hetero) is 2. The quantitative estimate of drug-likeness (QED) is 0.326. The highest BCUT2D eigenvalue weighted by atomic mass is 35.5. The molecular formula is C17H19Cl2FO3.